The van der Waals surface area contributed by atoms with Crippen molar-refractivity contribution in [2.75, 3.05) is 42.5 Å². The second-order valence-electron chi connectivity index (χ2n) is 7.61. The first-order valence-corrected chi connectivity index (χ1v) is 10.4. The zero-order valence-corrected chi connectivity index (χ0v) is 17.7. The summed E-state index contributed by atoms with van der Waals surface area (Å²) in [6.07, 6.45) is 1.21. The molecule has 1 saturated heterocycles. The average Bonchev–Trinajstić information content (AvgIpc) is 2.74. The maximum atomic E-state index is 12.8. The highest BCUT2D eigenvalue weighted by Crippen LogP contribution is 2.22. The van der Waals surface area contributed by atoms with Crippen LogP contribution in [0.4, 0.5) is 11.4 Å². The van der Waals surface area contributed by atoms with Crippen LogP contribution in [0.1, 0.15) is 31.4 Å². The summed E-state index contributed by atoms with van der Waals surface area (Å²) in [5.41, 5.74) is 4.51. The smallest absolute Gasteiger partial charge is 0.224 e. The van der Waals surface area contributed by atoms with Crippen molar-refractivity contribution < 1.29 is 9.59 Å². The van der Waals surface area contributed by atoms with E-state index in [-0.39, 0.29) is 11.8 Å². The van der Waals surface area contributed by atoms with E-state index in [1.54, 1.807) is 11.8 Å². The van der Waals surface area contributed by atoms with Crippen molar-refractivity contribution in [1.29, 1.82) is 0 Å². The highest BCUT2D eigenvalue weighted by Gasteiger charge is 2.23. The van der Waals surface area contributed by atoms with Crippen molar-refractivity contribution in [3.05, 3.63) is 59.7 Å². The van der Waals surface area contributed by atoms with E-state index in [0.717, 1.165) is 43.9 Å². The fourth-order valence-corrected chi connectivity index (χ4v) is 3.92. The lowest BCUT2D eigenvalue weighted by Gasteiger charge is -2.36. The Balaban J connectivity index is 1.57. The molecule has 0 aromatic heterocycles. The molecule has 5 nitrogen and oxygen atoms in total. The molecule has 0 bridgehead atoms. The lowest BCUT2D eigenvalue weighted by Crippen LogP contribution is -2.49. The van der Waals surface area contributed by atoms with Crippen molar-refractivity contribution in [2.24, 2.45) is 0 Å². The number of benzene rings is 2. The minimum atomic E-state index is -0.0250. The van der Waals surface area contributed by atoms with E-state index >= 15 is 0 Å². The molecule has 154 valence electrons. The first kappa shape index (κ1) is 20.9. The quantitative estimate of drug-likeness (QED) is 0.752. The molecule has 0 saturated carbocycles. The number of nitrogens with zero attached hydrogens (tertiary/aromatic N) is 3. The maximum Gasteiger partial charge on any atom is 0.224 e. The van der Waals surface area contributed by atoms with Crippen LogP contribution in [0.2, 0.25) is 0 Å². The molecule has 1 aliphatic rings. The summed E-state index contributed by atoms with van der Waals surface area (Å²) in [5, 5.41) is 0. The van der Waals surface area contributed by atoms with Crippen LogP contribution in [0.5, 0.6) is 0 Å². The second-order valence-corrected chi connectivity index (χ2v) is 7.61. The van der Waals surface area contributed by atoms with Crippen LogP contribution in [0.3, 0.4) is 0 Å². The lowest BCUT2D eigenvalue weighted by molar-refractivity contribution is -0.131. The standard InChI is InChI=1S/C24H31N3O2/c1-4-21-9-5-6-11-23(21)27(20(3)28)13-12-24(29)26-16-14-25(15-17-26)22-10-7-8-19(2)18-22/h5-11,18H,4,12-17H2,1-3H3. The highest BCUT2D eigenvalue weighted by atomic mass is 16.2. The molecule has 0 unspecified atom stereocenters. The van der Waals surface area contributed by atoms with E-state index in [1.165, 1.54) is 11.3 Å². The van der Waals surface area contributed by atoms with Crippen LogP contribution < -0.4 is 9.80 Å². The summed E-state index contributed by atoms with van der Waals surface area (Å²) in [6, 6.07) is 16.4. The van der Waals surface area contributed by atoms with Gasteiger partial charge in [0.15, 0.2) is 0 Å². The molecule has 1 heterocycles. The molecule has 0 radical (unpaired) electrons. The molecule has 0 atom stereocenters. The van der Waals surface area contributed by atoms with Gasteiger partial charge in [0.25, 0.3) is 0 Å². The first-order chi connectivity index (χ1) is 14.0. The van der Waals surface area contributed by atoms with Gasteiger partial charge >= 0.3 is 0 Å². The number of hydrogen-bond donors (Lipinski definition) is 0. The molecular formula is C24H31N3O2. The number of rotatable bonds is 6. The number of carbonyl (C=O) groups is 2. The topological polar surface area (TPSA) is 43.9 Å². The van der Waals surface area contributed by atoms with Gasteiger partial charge in [-0.15, -0.1) is 0 Å². The van der Waals surface area contributed by atoms with E-state index in [4.69, 9.17) is 0 Å². The predicted octanol–water partition coefficient (Wildman–Crippen LogP) is 3.65. The fourth-order valence-electron chi connectivity index (χ4n) is 3.92. The number of anilines is 2. The minimum Gasteiger partial charge on any atom is -0.368 e. The Kier molecular flexibility index (Phi) is 6.91. The third-order valence-electron chi connectivity index (χ3n) is 5.59. The van der Waals surface area contributed by atoms with Crippen LogP contribution in [0.25, 0.3) is 0 Å². The van der Waals surface area contributed by atoms with Gasteiger partial charge in [-0.2, -0.15) is 0 Å². The number of para-hydroxylation sites is 1. The first-order valence-electron chi connectivity index (χ1n) is 10.4. The second kappa shape index (κ2) is 9.59. The monoisotopic (exact) mass is 393 g/mol. The van der Waals surface area contributed by atoms with Crippen LogP contribution >= 0.6 is 0 Å². The van der Waals surface area contributed by atoms with Crippen LogP contribution in [-0.2, 0) is 16.0 Å². The van der Waals surface area contributed by atoms with Gasteiger partial charge in [0.05, 0.1) is 0 Å². The van der Waals surface area contributed by atoms with Gasteiger partial charge in [0.1, 0.15) is 0 Å². The van der Waals surface area contributed by atoms with Crippen molar-refractivity contribution in [2.45, 2.75) is 33.6 Å². The van der Waals surface area contributed by atoms with Crippen molar-refractivity contribution in [1.82, 2.24) is 4.90 Å². The molecule has 1 aliphatic heterocycles. The zero-order chi connectivity index (χ0) is 20.8. The number of amides is 2. The Bertz CT molecular complexity index is 857. The van der Waals surface area contributed by atoms with Crippen molar-refractivity contribution >= 4 is 23.2 Å². The summed E-state index contributed by atoms with van der Waals surface area (Å²) in [7, 11) is 0. The normalized spacial score (nSPS) is 14.0. The van der Waals surface area contributed by atoms with Crippen molar-refractivity contribution in [3.63, 3.8) is 0 Å². The third kappa shape index (κ3) is 5.17. The Morgan fingerprint density at radius 3 is 2.38 bits per heavy atom. The van der Waals surface area contributed by atoms with Gasteiger partial charge in [0.2, 0.25) is 11.8 Å². The maximum absolute atomic E-state index is 12.8. The molecule has 3 rings (SSSR count). The SMILES string of the molecule is CCc1ccccc1N(CCC(=O)N1CCN(c2cccc(C)c2)CC1)C(C)=O. The molecular weight excluding hydrogens is 362 g/mol. The largest absolute Gasteiger partial charge is 0.368 e. The fraction of sp³-hybridized carbons (Fsp3) is 0.417. The van der Waals surface area contributed by atoms with Crippen LogP contribution in [-0.4, -0.2) is 49.4 Å². The minimum absolute atomic E-state index is 0.0250. The summed E-state index contributed by atoms with van der Waals surface area (Å²) >= 11 is 0. The van der Waals surface area contributed by atoms with Gasteiger partial charge in [-0.05, 0) is 42.7 Å². The summed E-state index contributed by atoms with van der Waals surface area (Å²) in [4.78, 5) is 31.0. The number of hydrogen-bond acceptors (Lipinski definition) is 3. The van der Waals surface area contributed by atoms with Gasteiger partial charge in [-0.3, -0.25) is 9.59 Å². The Morgan fingerprint density at radius 1 is 1.00 bits per heavy atom. The number of carbonyl (C=O) groups excluding carboxylic acids is 2. The van der Waals surface area contributed by atoms with E-state index in [0.29, 0.717) is 13.0 Å². The number of aryl methyl sites for hydroxylation is 2. The van der Waals surface area contributed by atoms with Crippen LogP contribution in [0, 0.1) is 6.92 Å². The molecule has 0 N–H and O–H groups in total. The van der Waals surface area contributed by atoms with Gasteiger partial charge in [-0.25, -0.2) is 0 Å². The van der Waals surface area contributed by atoms with Crippen molar-refractivity contribution in [3.8, 4) is 0 Å². The predicted molar refractivity (Wildman–Crippen MR) is 118 cm³/mol. The molecule has 1 fully saturated rings. The Morgan fingerprint density at radius 2 is 1.72 bits per heavy atom. The van der Waals surface area contributed by atoms with Gasteiger partial charge in [0, 0.05) is 57.4 Å². The molecule has 0 spiro atoms. The molecule has 2 aromatic carbocycles. The molecule has 2 aromatic rings. The highest BCUT2D eigenvalue weighted by molar-refractivity contribution is 5.93. The van der Waals surface area contributed by atoms with E-state index < -0.39 is 0 Å². The van der Waals surface area contributed by atoms with E-state index in [9.17, 15) is 9.59 Å². The average molecular weight is 394 g/mol. The Hall–Kier alpha value is -2.82. The molecule has 2 amide bonds. The molecule has 0 aliphatic carbocycles. The van der Waals surface area contributed by atoms with Crippen LogP contribution in [0.15, 0.2) is 48.5 Å². The summed E-state index contributed by atoms with van der Waals surface area (Å²) < 4.78 is 0. The lowest BCUT2D eigenvalue weighted by atomic mass is 10.1. The molecule has 5 heteroatoms. The van der Waals surface area contributed by atoms with Gasteiger partial charge in [-0.1, -0.05) is 37.3 Å². The van der Waals surface area contributed by atoms with E-state index in [1.807, 2.05) is 29.2 Å². The zero-order valence-electron chi connectivity index (χ0n) is 17.7. The summed E-state index contributed by atoms with van der Waals surface area (Å²) in [5.74, 6) is 0.0945. The third-order valence-corrected chi connectivity index (χ3v) is 5.59. The number of piperazine rings is 1. The Labute approximate surface area is 173 Å². The van der Waals surface area contributed by atoms with Gasteiger partial charge < -0.3 is 14.7 Å². The molecule has 29 heavy (non-hydrogen) atoms. The van der Waals surface area contributed by atoms with E-state index in [2.05, 4.69) is 43.0 Å². The summed E-state index contributed by atoms with van der Waals surface area (Å²) in [6.45, 7) is 9.28.